The lowest BCUT2D eigenvalue weighted by Gasteiger charge is -2.11. The van der Waals surface area contributed by atoms with Crippen LogP contribution in [-0.4, -0.2) is 21.3 Å². The molecule has 0 aliphatic heterocycles. The largest absolute Gasteiger partial charge is 0.508 e. The zero-order valence-electron chi connectivity index (χ0n) is 16.7. The van der Waals surface area contributed by atoms with Gasteiger partial charge < -0.3 is 14.4 Å². The highest BCUT2D eigenvalue weighted by molar-refractivity contribution is 5.80. The monoisotopic (exact) mass is 386 g/mol. The third-order valence-electron chi connectivity index (χ3n) is 5.23. The summed E-state index contributed by atoms with van der Waals surface area (Å²) in [6.45, 7) is 3.45. The van der Waals surface area contributed by atoms with Crippen LogP contribution in [0.15, 0.2) is 72.8 Å². The first kappa shape index (κ1) is 19.1. The van der Waals surface area contributed by atoms with Crippen molar-refractivity contribution in [3.05, 3.63) is 78.4 Å². The summed E-state index contributed by atoms with van der Waals surface area (Å²) in [6.07, 6.45) is 3.10. The molecule has 0 amide bonds. The summed E-state index contributed by atoms with van der Waals surface area (Å²) in [6, 6.07) is 24.1. The summed E-state index contributed by atoms with van der Waals surface area (Å²) in [5.41, 5.74) is 4.16. The van der Waals surface area contributed by atoms with Gasteiger partial charge in [-0.15, -0.1) is 0 Å². The minimum Gasteiger partial charge on any atom is -0.508 e. The van der Waals surface area contributed by atoms with Crippen molar-refractivity contribution in [2.45, 2.75) is 32.7 Å². The highest BCUT2D eigenvalue weighted by Gasteiger charge is 2.11. The third kappa shape index (κ3) is 4.27. The fourth-order valence-electron chi connectivity index (χ4n) is 3.60. The molecule has 0 spiro atoms. The maximum atomic E-state index is 9.76. The molecule has 4 aromatic rings. The standard InChI is InChI=1S/C25H26N2O2/c1-19-23(28)15-10-16-24(19)29-18-9-3-8-17-27-22-14-7-6-13-21(22)26-25(27)20-11-4-2-5-12-20/h2,4-7,10-16,28H,3,8-9,17-18H2,1H3. The van der Waals surface area contributed by atoms with Crippen LogP contribution < -0.4 is 4.74 Å². The quantitative estimate of drug-likeness (QED) is 0.380. The number of rotatable bonds is 8. The fourth-order valence-corrected chi connectivity index (χ4v) is 3.60. The maximum absolute atomic E-state index is 9.76. The summed E-state index contributed by atoms with van der Waals surface area (Å²) >= 11 is 0. The molecule has 0 saturated carbocycles. The lowest BCUT2D eigenvalue weighted by Crippen LogP contribution is -2.03. The van der Waals surface area contributed by atoms with Gasteiger partial charge in [-0.25, -0.2) is 4.98 Å². The van der Waals surface area contributed by atoms with Gasteiger partial charge in [-0.2, -0.15) is 0 Å². The number of hydrogen-bond donors (Lipinski definition) is 1. The fraction of sp³-hybridized carbons (Fsp3) is 0.240. The molecule has 0 bridgehead atoms. The van der Waals surface area contributed by atoms with Gasteiger partial charge in [0.2, 0.25) is 0 Å². The highest BCUT2D eigenvalue weighted by atomic mass is 16.5. The van der Waals surface area contributed by atoms with Crippen LogP contribution >= 0.6 is 0 Å². The molecule has 3 aromatic carbocycles. The van der Waals surface area contributed by atoms with Crippen LogP contribution in [0, 0.1) is 6.92 Å². The first-order chi connectivity index (χ1) is 14.2. The minimum absolute atomic E-state index is 0.280. The Morgan fingerprint density at radius 3 is 2.52 bits per heavy atom. The Hall–Kier alpha value is -3.27. The summed E-state index contributed by atoms with van der Waals surface area (Å²) < 4.78 is 8.16. The van der Waals surface area contributed by atoms with Crippen LogP contribution in [0.4, 0.5) is 0 Å². The molecule has 0 saturated heterocycles. The van der Waals surface area contributed by atoms with Gasteiger partial charge in [-0.3, -0.25) is 0 Å². The second-order valence-corrected chi connectivity index (χ2v) is 7.25. The van der Waals surface area contributed by atoms with Crippen molar-refractivity contribution in [1.82, 2.24) is 9.55 Å². The number of nitrogens with zero attached hydrogens (tertiary/aromatic N) is 2. The van der Waals surface area contributed by atoms with Crippen LogP contribution in [0.5, 0.6) is 11.5 Å². The Labute approximate surface area is 171 Å². The van der Waals surface area contributed by atoms with Gasteiger partial charge in [0.25, 0.3) is 0 Å². The van der Waals surface area contributed by atoms with Gasteiger partial charge in [0.1, 0.15) is 17.3 Å². The van der Waals surface area contributed by atoms with Gasteiger partial charge in [0.15, 0.2) is 0 Å². The molecule has 0 atom stereocenters. The number of benzene rings is 3. The molecular weight excluding hydrogens is 360 g/mol. The minimum atomic E-state index is 0.280. The van der Waals surface area contributed by atoms with E-state index in [0.29, 0.717) is 6.61 Å². The van der Waals surface area contributed by atoms with Gasteiger partial charge in [0, 0.05) is 17.7 Å². The molecule has 1 N–H and O–H groups in total. The zero-order chi connectivity index (χ0) is 20.1. The first-order valence-electron chi connectivity index (χ1n) is 10.2. The lowest BCUT2D eigenvalue weighted by atomic mass is 10.2. The molecule has 0 aliphatic rings. The Morgan fingerprint density at radius 2 is 1.66 bits per heavy atom. The summed E-state index contributed by atoms with van der Waals surface area (Å²) in [5, 5.41) is 9.76. The van der Waals surface area contributed by atoms with E-state index in [1.807, 2.05) is 31.2 Å². The molecule has 0 fully saturated rings. The molecule has 29 heavy (non-hydrogen) atoms. The Balaban J connectivity index is 1.38. The van der Waals surface area contributed by atoms with E-state index in [9.17, 15) is 5.11 Å². The number of para-hydroxylation sites is 2. The smallest absolute Gasteiger partial charge is 0.141 e. The van der Waals surface area contributed by atoms with Crippen LogP contribution in [0.2, 0.25) is 0 Å². The predicted molar refractivity (Wildman–Crippen MR) is 117 cm³/mol. The molecule has 1 heterocycles. The van der Waals surface area contributed by atoms with Gasteiger partial charge in [0.05, 0.1) is 17.6 Å². The van der Waals surface area contributed by atoms with Crippen molar-refractivity contribution >= 4 is 11.0 Å². The molecular formula is C25H26N2O2. The third-order valence-corrected chi connectivity index (χ3v) is 5.23. The average molecular weight is 386 g/mol. The van der Waals surface area contributed by atoms with Gasteiger partial charge in [-0.1, -0.05) is 48.5 Å². The van der Waals surface area contributed by atoms with E-state index >= 15 is 0 Å². The molecule has 4 nitrogen and oxygen atoms in total. The number of fused-ring (bicyclic) bond motifs is 1. The second kappa shape index (κ2) is 8.82. The van der Waals surface area contributed by atoms with E-state index in [4.69, 9.17) is 9.72 Å². The van der Waals surface area contributed by atoms with Crippen molar-refractivity contribution in [2.75, 3.05) is 6.61 Å². The van der Waals surface area contributed by atoms with E-state index < -0.39 is 0 Å². The molecule has 4 rings (SSSR count). The molecule has 1 aromatic heterocycles. The van der Waals surface area contributed by atoms with Crippen LogP contribution in [0.25, 0.3) is 22.4 Å². The van der Waals surface area contributed by atoms with Crippen LogP contribution in [0.3, 0.4) is 0 Å². The number of ether oxygens (including phenoxy) is 1. The number of aromatic hydroxyl groups is 1. The van der Waals surface area contributed by atoms with E-state index in [0.717, 1.165) is 54.0 Å². The average Bonchev–Trinajstić information content (AvgIpc) is 3.13. The molecule has 148 valence electrons. The molecule has 0 unspecified atom stereocenters. The van der Waals surface area contributed by atoms with E-state index in [1.54, 1.807) is 6.07 Å². The first-order valence-corrected chi connectivity index (χ1v) is 10.2. The number of aryl methyl sites for hydroxylation is 1. The number of unbranched alkanes of at least 4 members (excludes halogenated alkanes) is 2. The van der Waals surface area contributed by atoms with E-state index in [2.05, 4.69) is 47.0 Å². The summed E-state index contributed by atoms with van der Waals surface area (Å²) in [5.74, 6) is 2.07. The number of phenols is 1. The maximum Gasteiger partial charge on any atom is 0.141 e. The van der Waals surface area contributed by atoms with Crippen molar-refractivity contribution < 1.29 is 9.84 Å². The van der Waals surface area contributed by atoms with Crippen molar-refractivity contribution in [1.29, 1.82) is 0 Å². The van der Waals surface area contributed by atoms with Crippen LogP contribution in [0.1, 0.15) is 24.8 Å². The zero-order valence-corrected chi connectivity index (χ0v) is 16.7. The highest BCUT2D eigenvalue weighted by Crippen LogP contribution is 2.27. The SMILES string of the molecule is Cc1c(O)cccc1OCCCCCn1c(-c2ccccc2)nc2ccccc21. The topological polar surface area (TPSA) is 47.3 Å². The predicted octanol–water partition coefficient (Wildman–Crippen LogP) is 5.97. The normalized spacial score (nSPS) is 11.1. The van der Waals surface area contributed by atoms with Crippen molar-refractivity contribution in [2.24, 2.45) is 0 Å². The number of aromatic nitrogens is 2. The van der Waals surface area contributed by atoms with Gasteiger partial charge >= 0.3 is 0 Å². The molecule has 4 heteroatoms. The second-order valence-electron chi connectivity index (χ2n) is 7.25. The van der Waals surface area contributed by atoms with Crippen molar-refractivity contribution in [3.63, 3.8) is 0 Å². The Kier molecular flexibility index (Phi) is 5.80. The Bertz CT molecular complexity index is 1090. The summed E-state index contributed by atoms with van der Waals surface area (Å²) in [7, 11) is 0. The molecule has 0 radical (unpaired) electrons. The number of phenolic OH excluding ortho intramolecular Hbond substituents is 1. The van der Waals surface area contributed by atoms with E-state index in [-0.39, 0.29) is 5.75 Å². The number of hydrogen-bond acceptors (Lipinski definition) is 3. The summed E-state index contributed by atoms with van der Waals surface area (Å²) in [4.78, 5) is 4.87. The van der Waals surface area contributed by atoms with E-state index in [1.165, 1.54) is 5.52 Å². The lowest BCUT2D eigenvalue weighted by molar-refractivity contribution is 0.300. The van der Waals surface area contributed by atoms with Crippen molar-refractivity contribution in [3.8, 4) is 22.9 Å². The van der Waals surface area contributed by atoms with Crippen LogP contribution in [-0.2, 0) is 6.54 Å². The number of imidazole rings is 1. The molecule has 0 aliphatic carbocycles. The Morgan fingerprint density at radius 1 is 0.862 bits per heavy atom. The van der Waals surface area contributed by atoms with Gasteiger partial charge in [-0.05, 0) is 50.5 Å².